The monoisotopic (exact) mass is 526 g/mol. The minimum absolute atomic E-state index is 0.0216. The van der Waals surface area contributed by atoms with Gasteiger partial charge in [0.05, 0.1) is 11.6 Å². The van der Waals surface area contributed by atoms with Crippen LogP contribution in [0.5, 0.6) is 11.5 Å². The minimum atomic E-state index is -0.479. The highest BCUT2D eigenvalue weighted by Gasteiger charge is 2.15. The molecule has 1 N–H and O–H groups in total. The lowest BCUT2D eigenvalue weighted by atomic mass is 10.1. The number of nitrogens with zero attached hydrogens (tertiary/aromatic N) is 1. The van der Waals surface area contributed by atoms with Crippen LogP contribution >= 0.6 is 15.9 Å². The van der Waals surface area contributed by atoms with Gasteiger partial charge in [-0.2, -0.15) is 5.26 Å². The highest BCUT2D eigenvalue weighted by atomic mass is 79.9. The summed E-state index contributed by atoms with van der Waals surface area (Å²) in [6.07, 6.45) is 1.52. The van der Waals surface area contributed by atoms with Crippen LogP contribution in [0.1, 0.15) is 16.7 Å². The normalized spacial score (nSPS) is 11.1. The van der Waals surface area contributed by atoms with E-state index in [0.29, 0.717) is 33.8 Å². The van der Waals surface area contributed by atoms with Gasteiger partial charge in [-0.15, -0.1) is 0 Å². The lowest BCUT2D eigenvalue weighted by Gasteiger charge is -2.15. The molecular formula is C29H23BrN2O3. The van der Waals surface area contributed by atoms with Gasteiger partial charge in [0.25, 0.3) is 5.91 Å². The molecule has 4 aromatic carbocycles. The van der Waals surface area contributed by atoms with Crippen molar-refractivity contribution in [1.82, 2.24) is 0 Å². The first-order valence-corrected chi connectivity index (χ1v) is 11.7. The van der Waals surface area contributed by atoms with E-state index in [4.69, 9.17) is 9.47 Å². The molecule has 0 aromatic heterocycles. The van der Waals surface area contributed by atoms with Gasteiger partial charge in [-0.3, -0.25) is 4.79 Å². The van der Waals surface area contributed by atoms with Gasteiger partial charge < -0.3 is 14.8 Å². The topological polar surface area (TPSA) is 71.3 Å². The molecule has 35 heavy (non-hydrogen) atoms. The Morgan fingerprint density at radius 1 is 1.06 bits per heavy atom. The summed E-state index contributed by atoms with van der Waals surface area (Å²) in [5.41, 5.74) is 3.24. The third kappa shape index (κ3) is 5.53. The Morgan fingerprint density at radius 2 is 1.80 bits per heavy atom. The van der Waals surface area contributed by atoms with Crippen LogP contribution in [-0.4, -0.2) is 13.0 Å². The summed E-state index contributed by atoms with van der Waals surface area (Å²) in [5.74, 6) is 0.552. The molecule has 0 atom stereocenters. The van der Waals surface area contributed by atoms with Crippen LogP contribution in [0.25, 0.3) is 16.8 Å². The molecule has 0 aliphatic rings. The van der Waals surface area contributed by atoms with Crippen molar-refractivity contribution in [3.8, 4) is 17.6 Å². The molecule has 0 heterocycles. The van der Waals surface area contributed by atoms with Gasteiger partial charge in [-0.05, 0) is 74.6 Å². The van der Waals surface area contributed by atoms with Crippen LogP contribution in [0, 0.1) is 18.3 Å². The fourth-order valence-electron chi connectivity index (χ4n) is 3.75. The van der Waals surface area contributed by atoms with Crippen molar-refractivity contribution in [2.24, 2.45) is 0 Å². The van der Waals surface area contributed by atoms with Crippen LogP contribution in [0.2, 0.25) is 0 Å². The molecule has 0 saturated carbocycles. The summed E-state index contributed by atoms with van der Waals surface area (Å²) in [4.78, 5) is 12.7. The molecule has 0 unspecified atom stereocenters. The number of rotatable bonds is 7. The number of nitrogens with one attached hydrogen (secondary N) is 1. The third-order valence-electron chi connectivity index (χ3n) is 5.57. The van der Waals surface area contributed by atoms with E-state index in [9.17, 15) is 10.1 Å². The molecule has 0 aliphatic carbocycles. The summed E-state index contributed by atoms with van der Waals surface area (Å²) in [6.45, 7) is 2.25. The fraction of sp³-hybridized carbons (Fsp3) is 0.103. The van der Waals surface area contributed by atoms with Crippen LogP contribution in [0.3, 0.4) is 0 Å². The Morgan fingerprint density at radius 3 is 2.57 bits per heavy atom. The highest BCUT2D eigenvalue weighted by molar-refractivity contribution is 9.10. The summed E-state index contributed by atoms with van der Waals surface area (Å²) in [7, 11) is 1.55. The van der Waals surface area contributed by atoms with Gasteiger partial charge in [0.1, 0.15) is 18.2 Å². The van der Waals surface area contributed by atoms with Crippen molar-refractivity contribution in [2.75, 3.05) is 12.4 Å². The Balaban J connectivity index is 1.58. The first-order valence-electron chi connectivity index (χ1n) is 11.0. The van der Waals surface area contributed by atoms with Gasteiger partial charge in [0, 0.05) is 5.69 Å². The number of carbonyl (C=O) groups excluding carboxylic acids is 1. The predicted octanol–water partition coefficient (Wildman–Crippen LogP) is 7.04. The maximum atomic E-state index is 12.7. The van der Waals surface area contributed by atoms with Gasteiger partial charge in [0.15, 0.2) is 11.5 Å². The molecule has 4 rings (SSSR count). The number of nitriles is 1. The second-order valence-corrected chi connectivity index (χ2v) is 8.75. The number of halogens is 1. The first kappa shape index (κ1) is 24.1. The smallest absolute Gasteiger partial charge is 0.266 e. The van der Waals surface area contributed by atoms with Crippen molar-refractivity contribution < 1.29 is 14.3 Å². The van der Waals surface area contributed by atoms with Crippen molar-refractivity contribution in [2.45, 2.75) is 13.5 Å². The molecule has 5 nitrogen and oxygen atoms in total. The number of hydrogen-bond acceptors (Lipinski definition) is 4. The van der Waals surface area contributed by atoms with E-state index in [1.807, 2.05) is 55.5 Å². The Labute approximate surface area is 212 Å². The van der Waals surface area contributed by atoms with Crippen molar-refractivity contribution in [1.29, 1.82) is 5.26 Å². The van der Waals surface area contributed by atoms with Crippen molar-refractivity contribution >= 4 is 44.4 Å². The van der Waals surface area contributed by atoms with Crippen LogP contribution in [0.15, 0.2) is 88.9 Å². The van der Waals surface area contributed by atoms with E-state index in [2.05, 4.69) is 39.4 Å². The Bertz CT molecular complexity index is 1470. The average molecular weight is 527 g/mol. The standard InChI is InChI=1S/C29H23BrN2O3/c1-19-8-3-6-13-26(19)32-29(33)23(17-31)14-20-15-25(30)28(27(16-20)34-2)35-18-22-11-7-10-21-9-4-5-12-24(21)22/h3-16H,18H2,1-2H3,(H,32,33)/b23-14+. The summed E-state index contributed by atoms with van der Waals surface area (Å²) < 4.78 is 12.4. The second kappa shape index (κ2) is 10.9. The Hall–Kier alpha value is -4.08. The number of ether oxygens (including phenoxy) is 2. The number of anilines is 1. The van der Waals surface area contributed by atoms with Gasteiger partial charge in [0.2, 0.25) is 0 Å². The van der Waals surface area contributed by atoms with Crippen LogP contribution in [-0.2, 0) is 11.4 Å². The number of aryl methyl sites for hydroxylation is 1. The maximum absolute atomic E-state index is 12.7. The van der Waals surface area contributed by atoms with Crippen molar-refractivity contribution in [3.05, 3.63) is 106 Å². The molecule has 6 heteroatoms. The quantitative estimate of drug-likeness (QED) is 0.207. The van der Waals surface area contributed by atoms with Crippen LogP contribution in [0.4, 0.5) is 5.69 Å². The molecule has 174 valence electrons. The fourth-order valence-corrected chi connectivity index (χ4v) is 4.32. The van der Waals surface area contributed by atoms with E-state index in [1.165, 1.54) is 6.08 Å². The number of carbonyl (C=O) groups is 1. The Kier molecular flexibility index (Phi) is 7.49. The first-order chi connectivity index (χ1) is 17.0. The summed E-state index contributed by atoms with van der Waals surface area (Å²) >= 11 is 3.56. The minimum Gasteiger partial charge on any atom is -0.493 e. The number of para-hydroxylation sites is 1. The molecule has 0 radical (unpaired) electrons. The van der Waals surface area contributed by atoms with E-state index in [0.717, 1.165) is 21.9 Å². The maximum Gasteiger partial charge on any atom is 0.266 e. The molecular weight excluding hydrogens is 504 g/mol. The lowest BCUT2D eigenvalue weighted by Crippen LogP contribution is -2.14. The number of hydrogen-bond donors (Lipinski definition) is 1. The third-order valence-corrected chi connectivity index (χ3v) is 6.16. The van der Waals surface area contributed by atoms with Crippen LogP contribution < -0.4 is 14.8 Å². The number of benzene rings is 4. The summed E-state index contributed by atoms with van der Waals surface area (Å²) in [6, 6.07) is 27.2. The number of fused-ring (bicyclic) bond motifs is 1. The zero-order valence-electron chi connectivity index (χ0n) is 19.3. The van der Waals surface area contributed by atoms with Gasteiger partial charge in [-0.1, -0.05) is 60.7 Å². The van der Waals surface area contributed by atoms with E-state index in [-0.39, 0.29) is 5.57 Å². The van der Waals surface area contributed by atoms with E-state index in [1.54, 1.807) is 25.3 Å². The molecule has 0 aliphatic heterocycles. The largest absolute Gasteiger partial charge is 0.493 e. The predicted molar refractivity (Wildman–Crippen MR) is 142 cm³/mol. The molecule has 1 amide bonds. The highest BCUT2D eigenvalue weighted by Crippen LogP contribution is 2.38. The van der Waals surface area contributed by atoms with Gasteiger partial charge >= 0.3 is 0 Å². The molecule has 0 spiro atoms. The number of amides is 1. The van der Waals surface area contributed by atoms with E-state index < -0.39 is 5.91 Å². The zero-order valence-corrected chi connectivity index (χ0v) is 20.9. The average Bonchev–Trinajstić information content (AvgIpc) is 2.87. The lowest BCUT2D eigenvalue weighted by molar-refractivity contribution is -0.112. The van der Waals surface area contributed by atoms with Crippen molar-refractivity contribution in [3.63, 3.8) is 0 Å². The molecule has 4 aromatic rings. The number of methoxy groups -OCH3 is 1. The van der Waals surface area contributed by atoms with E-state index >= 15 is 0 Å². The summed E-state index contributed by atoms with van der Waals surface area (Å²) in [5, 5.41) is 14.7. The molecule has 0 bridgehead atoms. The zero-order chi connectivity index (χ0) is 24.8. The van der Waals surface area contributed by atoms with Gasteiger partial charge in [-0.25, -0.2) is 0 Å². The second-order valence-electron chi connectivity index (χ2n) is 7.90. The molecule has 0 fully saturated rings. The SMILES string of the molecule is COc1cc(/C=C(\C#N)C(=O)Nc2ccccc2C)cc(Br)c1OCc1cccc2ccccc12. The molecule has 0 saturated heterocycles.